The van der Waals surface area contributed by atoms with Crippen LogP contribution in [-0.2, 0) is 28.8 Å². The van der Waals surface area contributed by atoms with E-state index in [0.717, 1.165) is 0 Å². The lowest BCUT2D eigenvalue weighted by Crippen LogP contribution is -2.56. The second kappa shape index (κ2) is 11.7. The van der Waals surface area contributed by atoms with Crippen LogP contribution in [-0.4, -0.2) is 81.9 Å². The lowest BCUT2D eigenvalue weighted by atomic mass is 10.1. The molecule has 0 aromatic rings. The first-order chi connectivity index (χ1) is 14.0. The molecule has 168 valence electrons. The Kier molecular flexibility index (Phi) is 9.68. The van der Waals surface area contributed by atoms with E-state index < -0.39 is 66.7 Å². The first-order valence-corrected chi connectivity index (χ1v) is 9.39. The van der Waals surface area contributed by atoms with Crippen LogP contribution in [0.3, 0.4) is 0 Å². The number of carboxylic acid groups (broad SMARTS) is 2. The summed E-state index contributed by atoms with van der Waals surface area (Å²) in [5.41, 5.74) is 10.7. The van der Waals surface area contributed by atoms with Gasteiger partial charge in [0.1, 0.15) is 18.6 Å². The highest BCUT2D eigenvalue weighted by molar-refractivity contribution is 5.94. The average Bonchev–Trinajstić information content (AvgIpc) is 3.16. The highest BCUT2D eigenvalue weighted by atomic mass is 16.4. The first-order valence-electron chi connectivity index (χ1n) is 9.39. The van der Waals surface area contributed by atoms with E-state index in [-0.39, 0.29) is 25.8 Å². The number of carboxylic acids is 2. The summed E-state index contributed by atoms with van der Waals surface area (Å²) in [5, 5.41) is 22.2. The average molecular weight is 429 g/mol. The molecule has 1 aliphatic heterocycles. The summed E-state index contributed by atoms with van der Waals surface area (Å²) in [6.07, 6.45) is -0.0614. The molecule has 13 nitrogen and oxygen atoms in total. The van der Waals surface area contributed by atoms with Crippen LogP contribution in [0.15, 0.2) is 0 Å². The molecule has 0 bridgehead atoms. The summed E-state index contributed by atoms with van der Waals surface area (Å²) in [4.78, 5) is 71.0. The molecule has 1 rings (SSSR count). The Morgan fingerprint density at radius 3 is 2.27 bits per heavy atom. The van der Waals surface area contributed by atoms with Gasteiger partial charge in [-0.1, -0.05) is 0 Å². The van der Waals surface area contributed by atoms with Crippen LogP contribution in [0.2, 0.25) is 0 Å². The summed E-state index contributed by atoms with van der Waals surface area (Å²) >= 11 is 0. The van der Waals surface area contributed by atoms with Gasteiger partial charge in [-0.15, -0.1) is 0 Å². The van der Waals surface area contributed by atoms with Gasteiger partial charge in [0.2, 0.25) is 23.6 Å². The van der Waals surface area contributed by atoms with Gasteiger partial charge in [-0.25, -0.2) is 0 Å². The maximum Gasteiger partial charge on any atom is 0.322 e. The normalized spacial score (nSPS) is 17.6. The molecule has 1 heterocycles. The molecule has 0 aromatic carbocycles. The summed E-state index contributed by atoms with van der Waals surface area (Å²) < 4.78 is 0. The van der Waals surface area contributed by atoms with Gasteiger partial charge in [-0.3, -0.25) is 28.8 Å². The Balaban J connectivity index is 2.86. The molecule has 1 saturated heterocycles. The minimum Gasteiger partial charge on any atom is -0.481 e. The number of primary amides is 1. The van der Waals surface area contributed by atoms with Crippen molar-refractivity contribution in [1.29, 1.82) is 0 Å². The number of nitrogens with two attached hydrogens (primary N) is 2. The minimum absolute atomic E-state index is 0.0507. The Morgan fingerprint density at radius 1 is 1.03 bits per heavy atom. The quantitative estimate of drug-likeness (QED) is 0.187. The molecule has 30 heavy (non-hydrogen) atoms. The molecule has 0 aliphatic carbocycles. The molecule has 0 aromatic heterocycles. The van der Waals surface area contributed by atoms with Gasteiger partial charge < -0.3 is 37.2 Å². The molecular formula is C17H27N5O8. The van der Waals surface area contributed by atoms with Crippen molar-refractivity contribution in [3.63, 3.8) is 0 Å². The smallest absolute Gasteiger partial charge is 0.322 e. The first kappa shape index (κ1) is 24.8. The van der Waals surface area contributed by atoms with Crippen molar-refractivity contribution >= 4 is 35.6 Å². The van der Waals surface area contributed by atoms with E-state index in [1.54, 1.807) is 0 Å². The van der Waals surface area contributed by atoms with Gasteiger partial charge in [-0.2, -0.15) is 0 Å². The van der Waals surface area contributed by atoms with Crippen molar-refractivity contribution in [2.75, 3.05) is 13.1 Å². The number of rotatable bonds is 12. The number of amides is 4. The van der Waals surface area contributed by atoms with E-state index in [1.165, 1.54) is 4.90 Å². The molecule has 3 atom stereocenters. The monoisotopic (exact) mass is 429 g/mol. The lowest BCUT2D eigenvalue weighted by Gasteiger charge is -2.29. The van der Waals surface area contributed by atoms with Crippen LogP contribution in [0, 0.1) is 0 Å². The number of hydrogen-bond acceptors (Lipinski definition) is 7. The van der Waals surface area contributed by atoms with Crippen molar-refractivity contribution < 1.29 is 39.0 Å². The Labute approximate surface area is 172 Å². The lowest BCUT2D eigenvalue weighted by molar-refractivity contribution is -0.143. The number of nitrogens with one attached hydrogen (secondary N) is 2. The zero-order valence-corrected chi connectivity index (χ0v) is 16.3. The third-order valence-electron chi connectivity index (χ3n) is 4.55. The molecule has 0 radical (unpaired) electrons. The number of nitrogens with zero attached hydrogens (tertiary/aromatic N) is 1. The van der Waals surface area contributed by atoms with Gasteiger partial charge in [0.15, 0.2) is 0 Å². The molecule has 1 aliphatic rings. The van der Waals surface area contributed by atoms with Crippen LogP contribution < -0.4 is 22.1 Å². The molecular weight excluding hydrogens is 402 g/mol. The zero-order chi connectivity index (χ0) is 22.8. The fraction of sp³-hybridized carbons (Fsp3) is 0.647. The van der Waals surface area contributed by atoms with Crippen LogP contribution >= 0.6 is 0 Å². The van der Waals surface area contributed by atoms with Crippen molar-refractivity contribution in [1.82, 2.24) is 15.5 Å². The van der Waals surface area contributed by atoms with Crippen molar-refractivity contribution in [3.05, 3.63) is 0 Å². The third-order valence-corrected chi connectivity index (χ3v) is 4.55. The SMILES string of the molecule is NC(=O)CCC(N)C(=O)NC(CCC(=O)O)C(=O)N1CCCC1C(=O)NCC(=O)O. The summed E-state index contributed by atoms with van der Waals surface area (Å²) in [6.45, 7) is -0.414. The van der Waals surface area contributed by atoms with E-state index in [4.69, 9.17) is 21.7 Å². The van der Waals surface area contributed by atoms with E-state index in [2.05, 4.69) is 10.6 Å². The van der Waals surface area contributed by atoms with Crippen LogP contribution in [0.5, 0.6) is 0 Å². The highest BCUT2D eigenvalue weighted by Crippen LogP contribution is 2.20. The molecule has 3 unspecified atom stereocenters. The summed E-state index contributed by atoms with van der Waals surface area (Å²) in [7, 11) is 0. The second-order valence-corrected chi connectivity index (χ2v) is 6.91. The van der Waals surface area contributed by atoms with Gasteiger partial charge in [0.05, 0.1) is 6.04 Å². The number of likely N-dealkylation sites (tertiary alicyclic amines) is 1. The zero-order valence-electron chi connectivity index (χ0n) is 16.3. The number of hydrogen-bond donors (Lipinski definition) is 6. The Bertz CT molecular complexity index is 698. The summed E-state index contributed by atoms with van der Waals surface area (Å²) in [5.74, 6) is -5.15. The van der Waals surface area contributed by atoms with Gasteiger partial charge in [0.25, 0.3) is 0 Å². The predicted molar refractivity (Wildman–Crippen MR) is 101 cm³/mol. The molecule has 0 spiro atoms. The van der Waals surface area contributed by atoms with Gasteiger partial charge >= 0.3 is 11.9 Å². The maximum absolute atomic E-state index is 12.9. The highest BCUT2D eigenvalue weighted by Gasteiger charge is 2.38. The molecule has 4 amide bonds. The fourth-order valence-electron chi connectivity index (χ4n) is 3.02. The molecule has 1 fully saturated rings. The van der Waals surface area contributed by atoms with Gasteiger partial charge in [0, 0.05) is 19.4 Å². The van der Waals surface area contributed by atoms with Crippen molar-refractivity contribution in [3.8, 4) is 0 Å². The van der Waals surface area contributed by atoms with E-state index in [9.17, 15) is 28.8 Å². The molecule has 0 saturated carbocycles. The van der Waals surface area contributed by atoms with E-state index in [1.807, 2.05) is 0 Å². The third kappa shape index (κ3) is 8.03. The second-order valence-electron chi connectivity index (χ2n) is 6.91. The van der Waals surface area contributed by atoms with E-state index >= 15 is 0 Å². The molecule has 8 N–H and O–H groups in total. The van der Waals surface area contributed by atoms with Crippen LogP contribution in [0.4, 0.5) is 0 Å². The minimum atomic E-state index is -1.25. The Hall–Kier alpha value is -3.22. The number of carbonyl (C=O) groups is 6. The number of aliphatic carboxylic acids is 2. The molecule has 13 heteroatoms. The predicted octanol–water partition coefficient (Wildman–Crippen LogP) is -2.88. The van der Waals surface area contributed by atoms with Crippen LogP contribution in [0.25, 0.3) is 0 Å². The van der Waals surface area contributed by atoms with Crippen molar-refractivity contribution in [2.24, 2.45) is 11.5 Å². The van der Waals surface area contributed by atoms with Crippen molar-refractivity contribution in [2.45, 2.75) is 56.7 Å². The standard InChI is InChI=1S/C17H27N5O8/c18-9(3-5-12(19)23)15(28)21-10(4-6-13(24)25)17(30)22-7-1-2-11(22)16(29)20-8-14(26)27/h9-11H,1-8,18H2,(H2,19,23)(H,20,29)(H,21,28)(H,24,25)(H,26,27). The van der Waals surface area contributed by atoms with E-state index in [0.29, 0.717) is 12.8 Å². The maximum atomic E-state index is 12.9. The summed E-state index contributed by atoms with van der Waals surface area (Å²) in [6, 6.07) is -3.31. The topological polar surface area (TPSA) is 222 Å². The largest absolute Gasteiger partial charge is 0.481 e. The fourth-order valence-corrected chi connectivity index (χ4v) is 3.02. The number of carbonyl (C=O) groups excluding carboxylic acids is 4. The van der Waals surface area contributed by atoms with Gasteiger partial charge in [-0.05, 0) is 25.7 Å². The Morgan fingerprint density at radius 2 is 1.70 bits per heavy atom. The van der Waals surface area contributed by atoms with Crippen LogP contribution in [0.1, 0.15) is 38.5 Å².